The molecule has 26 heavy (non-hydrogen) atoms. The summed E-state index contributed by atoms with van der Waals surface area (Å²) in [6.45, 7) is 1.12. The van der Waals surface area contributed by atoms with Crippen molar-refractivity contribution >= 4 is 23.2 Å². The number of halogens is 1. The SMILES string of the molecule is CN(CCCCOc1ccc(Cl)cc1)C(=O)Cc1ccccc1[N+](=O)[O-]. The first kappa shape index (κ1) is 19.7. The first-order valence-corrected chi connectivity index (χ1v) is 8.70. The third-order valence-electron chi connectivity index (χ3n) is 3.93. The maximum Gasteiger partial charge on any atom is 0.273 e. The molecular weight excluding hydrogens is 356 g/mol. The monoisotopic (exact) mass is 376 g/mol. The number of carbonyl (C=O) groups is 1. The summed E-state index contributed by atoms with van der Waals surface area (Å²) in [5.74, 6) is 0.619. The molecule has 2 rings (SSSR count). The predicted octanol–water partition coefficient (Wildman–Crippen LogP) is 4.11. The van der Waals surface area contributed by atoms with E-state index < -0.39 is 4.92 Å². The van der Waals surface area contributed by atoms with E-state index in [1.165, 1.54) is 6.07 Å². The number of para-hydroxylation sites is 1. The summed E-state index contributed by atoms with van der Waals surface area (Å²) in [7, 11) is 1.71. The van der Waals surface area contributed by atoms with Gasteiger partial charge in [0.1, 0.15) is 5.75 Å². The van der Waals surface area contributed by atoms with Gasteiger partial charge in [-0.05, 0) is 37.1 Å². The molecule has 0 unspecified atom stereocenters. The summed E-state index contributed by atoms with van der Waals surface area (Å²) >= 11 is 5.81. The smallest absolute Gasteiger partial charge is 0.273 e. The second-order valence-electron chi connectivity index (χ2n) is 5.89. The van der Waals surface area contributed by atoms with Crippen molar-refractivity contribution in [2.75, 3.05) is 20.2 Å². The Balaban J connectivity index is 1.72. The number of unbranched alkanes of at least 4 members (excludes halogenated alkanes) is 1. The maximum atomic E-state index is 12.3. The zero-order valence-corrected chi connectivity index (χ0v) is 15.3. The van der Waals surface area contributed by atoms with Crippen molar-refractivity contribution < 1.29 is 14.5 Å². The molecule has 0 aliphatic carbocycles. The van der Waals surface area contributed by atoms with E-state index >= 15 is 0 Å². The van der Waals surface area contributed by atoms with Gasteiger partial charge < -0.3 is 9.64 Å². The van der Waals surface area contributed by atoms with Crippen molar-refractivity contribution in [1.82, 2.24) is 4.90 Å². The highest BCUT2D eigenvalue weighted by Gasteiger charge is 2.17. The minimum Gasteiger partial charge on any atom is -0.494 e. The summed E-state index contributed by atoms with van der Waals surface area (Å²) < 4.78 is 5.60. The van der Waals surface area contributed by atoms with Crippen LogP contribution in [0.2, 0.25) is 5.02 Å². The minimum atomic E-state index is -0.462. The molecule has 0 aromatic heterocycles. The lowest BCUT2D eigenvalue weighted by Gasteiger charge is -2.17. The second kappa shape index (κ2) is 9.77. The summed E-state index contributed by atoms with van der Waals surface area (Å²) in [5, 5.41) is 11.7. The lowest BCUT2D eigenvalue weighted by Crippen LogP contribution is -2.29. The third-order valence-corrected chi connectivity index (χ3v) is 4.18. The Bertz CT molecular complexity index is 749. The lowest BCUT2D eigenvalue weighted by molar-refractivity contribution is -0.385. The van der Waals surface area contributed by atoms with E-state index in [0.29, 0.717) is 23.7 Å². The molecular formula is C19H21ClN2O4. The van der Waals surface area contributed by atoms with E-state index in [9.17, 15) is 14.9 Å². The molecule has 0 heterocycles. The van der Waals surface area contributed by atoms with Crippen molar-refractivity contribution in [2.45, 2.75) is 19.3 Å². The Morgan fingerprint density at radius 2 is 1.85 bits per heavy atom. The highest BCUT2D eigenvalue weighted by atomic mass is 35.5. The van der Waals surface area contributed by atoms with Gasteiger partial charge in [-0.25, -0.2) is 0 Å². The summed E-state index contributed by atoms with van der Waals surface area (Å²) in [6, 6.07) is 13.5. The van der Waals surface area contributed by atoms with E-state index in [-0.39, 0.29) is 18.0 Å². The highest BCUT2D eigenvalue weighted by molar-refractivity contribution is 6.30. The molecule has 2 aromatic carbocycles. The van der Waals surface area contributed by atoms with Gasteiger partial charge in [-0.15, -0.1) is 0 Å². The first-order chi connectivity index (χ1) is 12.5. The van der Waals surface area contributed by atoms with Crippen molar-refractivity contribution in [3.05, 3.63) is 69.2 Å². The number of nitro benzene ring substituents is 1. The van der Waals surface area contributed by atoms with Crippen LogP contribution in [-0.2, 0) is 11.2 Å². The zero-order chi connectivity index (χ0) is 18.9. The third kappa shape index (κ3) is 6.04. The lowest BCUT2D eigenvalue weighted by atomic mass is 10.1. The largest absolute Gasteiger partial charge is 0.494 e. The zero-order valence-electron chi connectivity index (χ0n) is 14.6. The Kier molecular flexibility index (Phi) is 7.41. The summed E-state index contributed by atoms with van der Waals surface area (Å²) in [4.78, 5) is 24.4. The van der Waals surface area contributed by atoms with Crippen LogP contribution in [0.3, 0.4) is 0 Å². The van der Waals surface area contributed by atoms with Crippen LogP contribution in [0.25, 0.3) is 0 Å². The van der Waals surface area contributed by atoms with Crippen molar-refractivity contribution in [3.63, 3.8) is 0 Å². The van der Waals surface area contributed by atoms with Crippen LogP contribution in [0.5, 0.6) is 5.75 Å². The fourth-order valence-electron chi connectivity index (χ4n) is 2.43. The van der Waals surface area contributed by atoms with Crippen LogP contribution in [0, 0.1) is 10.1 Å². The standard InChI is InChI=1S/C19H21ClN2O4/c1-21(12-4-5-13-26-17-10-8-16(20)9-11-17)19(23)14-15-6-2-3-7-18(15)22(24)25/h2-3,6-11H,4-5,12-14H2,1H3. The van der Waals surface area contributed by atoms with Crippen molar-refractivity contribution in [1.29, 1.82) is 0 Å². The molecule has 0 radical (unpaired) electrons. The van der Waals surface area contributed by atoms with Gasteiger partial charge in [0.05, 0.1) is 18.0 Å². The van der Waals surface area contributed by atoms with E-state index in [1.807, 2.05) is 12.1 Å². The maximum absolute atomic E-state index is 12.3. The second-order valence-corrected chi connectivity index (χ2v) is 6.32. The van der Waals surface area contributed by atoms with E-state index in [0.717, 1.165) is 18.6 Å². The fourth-order valence-corrected chi connectivity index (χ4v) is 2.56. The topological polar surface area (TPSA) is 72.7 Å². The predicted molar refractivity (Wildman–Crippen MR) is 101 cm³/mol. The molecule has 2 aromatic rings. The van der Waals surface area contributed by atoms with Gasteiger partial charge >= 0.3 is 0 Å². The Hall–Kier alpha value is -2.60. The van der Waals surface area contributed by atoms with Crippen LogP contribution >= 0.6 is 11.6 Å². The van der Waals surface area contributed by atoms with Crippen molar-refractivity contribution in [3.8, 4) is 5.75 Å². The minimum absolute atomic E-state index is 0.0226. The first-order valence-electron chi connectivity index (χ1n) is 8.32. The molecule has 0 saturated carbocycles. The molecule has 1 amide bonds. The van der Waals surface area contributed by atoms with Crippen LogP contribution in [0.15, 0.2) is 48.5 Å². The number of hydrogen-bond acceptors (Lipinski definition) is 4. The number of likely N-dealkylation sites (N-methyl/N-ethyl adjacent to an activating group) is 1. The molecule has 0 saturated heterocycles. The fraction of sp³-hybridized carbons (Fsp3) is 0.316. The molecule has 0 aliphatic heterocycles. The van der Waals surface area contributed by atoms with Crippen LogP contribution in [0.1, 0.15) is 18.4 Å². The van der Waals surface area contributed by atoms with Crippen LogP contribution in [0.4, 0.5) is 5.69 Å². The Morgan fingerprint density at radius 3 is 2.54 bits per heavy atom. The summed E-state index contributed by atoms with van der Waals surface area (Å²) in [5.41, 5.74) is 0.408. The molecule has 138 valence electrons. The number of ether oxygens (including phenoxy) is 1. The van der Waals surface area contributed by atoms with Gasteiger partial charge in [0.2, 0.25) is 5.91 Å². The normalized spacial score (nSPS) is 10.4. The Morgan fingerprint density at radius 1 is 1.15 bits per heavy atom. The molecule has 0 fully saturated rings. The molecule has 0 atom stereocenters. The van der Waals surface area contributed by atoms with Gasteiger partial charge in [-0.3, -0.25) is 14.9 Å². The molecule has 0 spiro atoms. The molecule has 0 bridgehead atoms. The quantitative estimate of drug-likeness (QED) is 0.375. The highest BCUT2D eigenvalue weighted by Crippen LogP contribution is 2.19. The molecule has 0 N–H and O–H groups in total. The van der Waals surface area contributed by atoms with Crippen molar-refractivity contribution in [2.24, 2.45) is 0 Å². The van der Waals surface area contributed by atoms with Gasteiger partial charge in [0.15, 0.2) is 0 Å². The number of rotatable bonds is 9. The number of hydrogen-bond donors (Lipinski definition) is 0. The molecule has 7 heteroatoms. The average Bonchev–Trinajstić information content (AvgIpc) is 2.63. The molecule has 0 aliphatic rings. The molecule has 6 nitrogen and oxygen atoms in total. The Labute approximate surface area is 157 Å². The van der Waals surface area contributed by atoms with E-state index in [4.69, 9.17) is 16.3 Å². The van der Waals surface area contributed by atoms with E-state index in [2.05, 4.69) is 0 Å². The van der Waals surface area contributed by atoms with Gasteiger partial charge in [0.25, 0.3) is 5.69 Å². The number of nitrogens with zero attached hydrogens (tertiary/aromatic N) is 2. The average molecular weight is 377 g/mol. The van der Waals surface area contributed by atoms with Crippen LogP contribution in [-0.4, -0.2) is 35.9 Å². The van der Waals surface area contributed by atoms with Gasteiger partial charge in [0, 0.05) is 30.2 Å². The number of amides is 1. The van der Waals surface area contributed by atoms with E-state index in [1.54, 1.807) is 42.3 Å². The summed E-state index contributed by atoms with van der Waals surface area (Å²) in [6.07, 6.45) is 1.60. The van der Waals surface area contributed by atoms with Gasteiger partial charge in [-0.1, -0.05) is 29.8 Å². The van der Waals surface area contributed by atoms with Crippen LogP contribution < -0.4 is 4.74 Å². The number of carbonyl (C=O) groups excluding carboxylic acids is 1. The number of benzene rings is 2. The number of nitro groups is 1. The van der Waals surface area contributed by atoms with Gasteiger partial charge in [-0.2, -0.15) is 0 Å².